The summed E-state index contributed by atoms with van der Waals surface area (Å²) in [5.41, 5.74) is 2.63. The highest BCUT2D eigenvalue weighted by Crippen LogP contribution is 2.30. The van der Waals surface area contributed by atoms with Crippen LogP contribution in [0, 0.1) is 0 Å². The van der Waals surface area contributed by atoms with Crippen molar-refractivity contribution in [3.63, 3.8) is 0 Å². The van der Waals surface area contributed by atoms with E-state index in [1.54, 1.807) is 23.1 Å². The molecule has 0 aliphatic carbocycles. The summed E-state index contributed by atoms with van der Waals surface area (Å²) in [5.74, 6) is 0.0616. The van der Waals surface area contributed by atoms with E-state index in [2.05, 4.69) is 4.72 Å². The molecule has 0 saturated carbocycles. The van der Waals surface area contributed by atoms with Crippen molar-refractivity contribution in [2.75, 3.05) is 11.4 Å². The Morgan fingerprint density at radius 1 is 1.17 bits per heavy atom. The van der Waals surface area contributed by atoms with Crippen LogP contribution in [-0.2, 0) is 27.8 Å². The van der Waals surface area contributed by atoms with Gasteiger partial charge in [0, 0.05) is 25.2 Å². The SMILES string of the molecule is CCC(=O)N1CCc2cc(S(=O)(=O)NCc3ccccc3)ccc21. The van der Waals surface area contributed by atoms with Crippen molar-refractivity contribution in [2.24, 2.45) is 0 Å². The van der Waals surface area contributed by atoms with Crippen molar-refractivity contribution >= 4 is 21.6 Å². The van der Waals surface area contributed by atoms with Gasteiger partial charge in [-0.1, -0.05) is 37.3 Å². The molecule has 0 saturated heterocycles. The van der Waals surface area contributed by atoms with Crippen LogP contribution in [0.25, 0.3) is 0 Å². The lowest BCUT2D eigenvalue weighted by Crippen LogP contribution is -2.27. The van der Waals surface area contributed by atoms with Gasteiger partial charge < -0.3 is 4.90 Å². The highest BCUT2D eigenvalue weighted by Gasteiger charge is 2.25. The summed E-state index contributed by atoms with van der Waals surface area (Å²) < 4.78 is 27.6. The average molecular weight is 344 g/mol. The molecule has 0 radical (unpaired) electrons. The standard InChI is InChI=1S/C18H20N2O3S/c1-2-18(21)20-11-10-15-12-16(8-9-17(15)20)24(22,23)19-13-14-6-4-3-5-7-14/h3-9,12,19H,2,10-11,13H2,1H3. The summed E-state index contributed by atoms with van der Waals surface area (Å²) in [6.07, 6.45) is 1.13. The van der Waals surface area contributed by atoms with Crippen molar-refractivity contribution in [3.8, 4) is 0 Å². The van der Waals surface area contributed by atoms with Crippen molar-refractivity contribution in [2.45, 2.75) is 31.2 Å². The summed E-state index contributed by atoms with van der Waals surface area (Å²) in [4.78, 5) is 13.9. The molecular formula is C18H20N2O3S. The molecule has 3 rings (SSSR count). The highest BCUT2D eigenvalue weighted by atomic mass is 32.2. The van der Waals surface area contributed by atoms with E-state index in [0.29, 0.717) is 19.4 Å². The van der Waals surface area contributed by atoms with E-state index in [9.17, 15) is 13.2 Å². The van der Waals surface area contributed by atoms with Gasteiger partial charge in [0.2, 0.25) is 15.9 Å². The van der Waals surface area contributed by atoms with Crippen molar-refractivity contribution in [1.82, 2.24) is 4.72 Å². The third-order valence-electron chi connectivity index (χ3n) is 4.17. The molecule has 0 spiro atoms. The quantitative estimate of drug-likeness (QED) is 0.906. The molecule has 0 aromatic heterocycles. The fraction of sp³-hybridized carbons (Fsp3) is 0.278. The first-order valence-corrected chi connectivity index (χ1v) is 9.46. The normalized spacial score (nSPS) is 13.8. The molecule has 1 aliphatic rings. The molecule has 1 amide bonds. The number of nitrogens with zero attached hydrogens (tertiary/aromatic N) is 1. The summed E-state index contributed by atoms with van der Waals surface area (Å²) in [7, 11) is -3.58. The summed E-state index contributed by atoms with van der Waals surface area (Å²) in [6.45, 7) is 2.69. The monoisotopic (exact) mass is 344 g/mol. The minimum Gasteiger partial charge on any atom is -0.312 e. The van der Waals surface area contributed by atoms with E-state index in [1.165, 1.54) is 0 Å². The largest absolute Gasteiger partial charge is 0.312 e. The van der Waals surface area contributed by atoms with E-state index >= 15 is 0 Å². The van der Waals surface area contributed by atoms with Gasteiger partial charge in [0.1, 0.15) is 0 Å². The smallest absolute Gasteiger partial charge is 0.240 e. The molecule has 1 heterocycles. The van der Waals surface area contributed by atoms with Crippen LogP contribution in [0.2, 0.25) is 0 Å². The Kier molecular flexibility index (Phi) is 4.69. The zero-order chi connectivity index (χ0) is 17.2. The molecule has 1 N–H and O–H groups in total. The van der Waals surface area contributed by atoms with E-state index in [0.717, 1.165) is 16.8 Å². The Morgan fingerprint density at radius 2 is 1.92 bits per heavy atom. The first-order valence-electron chi connectivity index (χ1n) is 7.98. The van der Waals surface area contributed by atoms with Crippen LogP contribution in [0.15, 0.2) is 53.4 Å². The molecule has 126 valence electrons. The molecule has 24 heavy (non-hydrogen) atoms. The maximum absolute atomic E-state index is 12.5. The number of benzene rings is 2. The lowest BCUT2D eigenvalue weighted by atomic mass is 10.2. The predicted octanol–water partition coefficient (Wildman–Crippen LogP) is 2.46. The van der Waals surface area contributed by atoms with Crippen LogP contribution in [0.1, 0.15) is 24.5 Å². The number of hydrogen-bond acceptors (Lipinski definition) is 3. The fourth-order valence-corrected chi connectivity index (χ4v) is 3.92. The Morgan fingerprint density at radius 3 is 2.62 bits per heavy atom. The maximum atomic E-state index is 12.5. The molecule has 6 heteroatoms. The lowest BCUT2D eigenvalue weighted by molar-refractivity contribution is -0.118. The number of anilines is 1. The van der Waals surface area contributed by atoms with Crippen LogP contribution in [0.4, 0.5) is 5.69 Å². The van der Waals surface area contributed by atoms with E-state index < -0.39 is 10.0 Å². The Labute approximate surface area is 142 Å². The average Bonchev–Trinajstić information content (AvgIpc) is 3.03. The molecular weight excluding hydrogens is 324 g/mol. The summed E-state index contributed by atoms with van der Waals surface area (Å²) >= 11 is 0. The highest BCUT2D eigenvalue weighted by molar-refractivity contribution is 7.89. The molecule has 0 atom stereocenters. The maximum Gasteiger partial charge on any atom is 0.240 e. The molecule has 5 nitrogen and oxygen atoms in total. The number of carbonyl (C=O) groups is 1. The zero-order valence-electron chi connectivity index (χ0n) is 13.5. The first-order chi connectivity index (χ1) is 11.5. The van der Waals surface area contributed by atoms with Gasteiger partial charge in [-0.2, -0.15) is 0 Å². The van der Waals surface area contributed by atoms with E-state index in [-0.39, 0.29) is 17.3 Å². The number of hydrogen-bond donors (Lipinski definition) is 1. The van der Waals surface area contributed by atoms with Crippen LogP contribution in [-0.4, -0.2) is 20.9 Å². The van der Waals surface area contributed by atoms with Gasteiger partial charge in [0.05, 0.1) is 4.90 Å². The second-order valence-corrected chi connectivity index (χ2v) is 7.52. The molecule has 2 aromatic carbocycles. The first kappa shape index (κ1) is 16.7. The van der Waals surface area contributed by atoms with Gasteiger partial charge in [-0.3, -0.25) is 4.79 Å². The lowest BCUT2D eigenvalue weighted by Gasteiger charge is -2.16. The molecule has 0 unspecified atom stereocenters. The van der Waals surface area contributed by atoms with E-state index in [1.807, 2.05) is 37.3 Å². The Balaban J connectivity index is 1.79. The van der Waals surface area contributed by atoms with Gasteiger partial charge in [0.15, 0.2) is 0 Å². The van der Waals surface area contributed by atoms with E-state index in [4.69, 9.17) is 0 Å². The fourth-order valence-electron chi connectivity index (χ4n) is 2.85. The van der Waals surface area contributed by atoms with Gasteiger partial charge in [-0.25, -0.2) is 13.1 Å². The second-order valence-electron chi connectivity index (χ2n) is 5.75. The van der Waals surface area contributed by atoms with Crippen LogP contribution >= 0.6 is 0 Å². The van der Waals surface area contributed by atoms with Crippen LogP contribution < -0.4 is 9.62 Å². The van der Waals surface area contributed by atoms with Gasteiger partial charge in [-0.05, 0) is 35.7 Å². The number of amides is 1. The van der Waals surface area contributed by atoms with Crippen LogP contribution in [0.3, 0.4) is 0 Å². The van der Waals surface area contributed by atoms with Crippen LogP contribution in [0.5, 0.6) is 0 Å². The predicted molar refractivity (Wildman–Crippen MR) is 93.3 cm³/mol. The van der Waals surface area contributed by atoms with Crippen molar-refractivity contribution in [3.05, 3.63) is 59.7 Å². The van der Waals surface area contributed by atoms with Gasteiger partial charge >= 0.3 is 0 Å². The summed E-state index contributed by atoms with van der Waals surface area (Å²) in [5, 5.41) is 0. The van der Waals surface area contributed by atoms with Crippen molar-refractivity contribution < 1.29 is 13.2 Å². The van der Waals surface area contributed by atoms with Gasteiger partial charge in [0.25, 0.3) is 0 Å². The minimum absolute atomic E-state index is 0.0616. The number of fused-ring (bicyclic) bond motifs is 1. The number of carbonyl (C=O) groups excluding carboxylic acids is 1. The number of rotatable bonds is 5. The third kappa shape index (κ3) is 3.34. The molecule has 2 aromatic rings. The number of nitrogens with one attached hydrogen (secondary N) is 1. The second kappa shape index (κ2) is 6.75. The minimum atomic E-state index is -3.58. The zero-order valence-corrected chi connectivity index (χ0v) is 14.3. The molecule has 0 fully saturated rings. The Bertz CT molecular complexity index is 848. The van der Waals surface area contributed by atoms with Gasteiger partial charge in [-0.15, -0.1) is 0 Å². The molecule has 1 aliphatic heterocycles. The third-order valence-corrected chi connectivity index (χ3v) is 5.57. The number of sulfonamides is 1. The molecule has 0 bridgehead atoms. The topological polar surface area (TPSA) is 66.5 Å². The summed E-state index contributed by atoms with van der Waals surface area (Å²) in [6, 6.07) is 14.4. The Hall–Kier alpha value is -2.18. The van der Waals surface area contributed by atoms with Crippen molar-refractivity contribution in [1.29, 1.82) is 0 Å².